The summed E-state index contributed by atoms with van der Waals surface area (Å²) in [7, 11) is 1.43. The summed E-state index contributed by atoms with van der Waals surface area (Å²) < 4.78 is 49.4. The normalized spacial score (nSPS) is 16.7. The number of rotatable bonds is 7. The number of anilines is 1. The maximum Gasteiger partial charge on any atom is 0.283 e. The monoisotopic (exact) mass is 488 g/mol. The highest BCUT2D eigenvalue weighted by molar-refractivity contribution is 6.03. The molecular weight excluding hydrogens is 465 g/mol. The second-order valence-electron chi connectivity index (χ2n) is 8.01. The number of aromatic nitrogens is 2. The number of ether oxygens (including phenoxy) is 1. The Hall–Kier alpha value is -4.06. The summed E-state index contributed by atoms with van der Waals surface area (Å²) in [6, 6.07) is 9.07. The molecule has 1 aliphatic heterocycles. The number of carbonyl (C=O) groups excluding carboxylic acids is 2. The Morgan fingerprint density at radius 1 is 1.29 bits per heavy atom. The summed E-state index contributed by atoms with van der Waals surface area (Å²) in [5.41, 5.74) is 11.6. The van der Waals surface area contributed by atoms with Crippen molar-refractivity contribution in [1.82, 2.24) is 20.4 Å². The van der Waals surface area contributed by atoms with Crippen LogP contribution in [0.25, 0.3) is 11.3 Å². The van der Waals surface area contributed by atoms with Crippen LogP contribution in [0, 0.1) is 5.82 Å². The Balaban J connectivity index is 1.60. The van der Waals surface area contributed by atoms with Crippen LogP contribution in [0.15, 0.2) is 42.5 Å². The number of nitrogens with zero attached hydrogens (tertiary/aromatic N) is 2. The van der Waals surface area contributed by atoms with Gasteiger partial charge in [-0.3, -0.25) is 9.59 Å². The van der Waals surface area contributed by atoms with Gasteiger partial charge in [0.2, 0.25) is 0 Å². The third-order valence-corrected chi connectivity index (χ3v) is 5.79. The zero-order valence-electron chi connectivity index (χ0n) is 18.6. The van der Waals surface area contributed by atoms with E-state index in [2.05, 4.69) is 15.7 Å². The summed E-state index contributed by atoms with van der Waals surface area (Å²) in [5.74, 6) is -5.25. The van der Waals surface area contributed by atoms with Crippen LogP contribution in [0.4, 0.5) is 19.0 Å². The molecule has 2 aromatic carbocycles. The van der Waals surface area contributed by atoms with Crippen molar-refractivity contribution in [2.75, 3.05) is 25.9 Å². The van der Waals surface area contributed by atoms with Gasteiger partial charge in [-0.1, -0.05) is 24.3 Å². The summed E-state index contributed by atoms with van der Waals surface area (Å²) in [4.78, 5) is 24.5. The largest absolute Gasteiger partial charge is 0.496 e. The van der Waals surface area contributed by atoms with Gasteiger partial charge in [0.15, 0.2) is 0 Å². The first-order chi connectivity index (χ1) is 16.6. The summed E-state index contributed by atoms with van der Waals surface area (Å²) in [6.07, 6.45) is 0. The minimum absolute atomic E-state index is 0.110. The lowest BCUT2D eigenvalue weighted by atomic mass is 10.0. The zero-order valence-corrected chi connectivity index (χ0v) is 18.6. The van der Waals surface area contributed by atoms with Crippen molar-refractivity contribution in [2.24, 2.45) is 5.73 Å². The van der Waals surface area contributed by atoms with E-state index in [1.807, 2.05) is 0 Å². The molecule has 0 saturated carbocycles. The molecule has 12 heteroatoms. The summed E-state index contributed by atoms with van der Waals surface area (Å²) in [5, 5.41) is 9.28. The van der Waals surface area contributed by atoms with Gasteiger partial charge in [0, 0.05) is 24.2 Å². The topological polar surface area (TPSA) is 137 Å². The molecule has 1 fully saturated rings. The fraction of sp³-hybridized carbons (Fsp3) is 0.261. The van der Waals surface area contributed by atoms with Crippen molar-refractivity contribution < 1.29 is 27.5 Å². The number of para-hydroxylation sites is 1. The molecule has 1 aromatic heterocycles. The Morgan fingerprint density at radius 2 is 2.03 bits per heavy atom. The van der Waals surface area contributed by atoms with Crippen LogP contribution in [0.1, 0.15) is 32.3 Å². The highest BCUT2D eigenvalue weighted by atomic mass is 19.3. The van der Waals surface area contributed by atoms with Crippen LogP contribution in [-0.2, 0) is 6.54 Å². The number of hydrogen-bond donors (Lipinski definition) is 4. The molecular formula is C23H23F3N6O3. The van der Waals surface area contributed by atoms with Crippen molar-refractivity contribution in [3.05, 3.63) is 65.0 Å². The number of nitrogens with two attached hydrogens (primary N) is 2. The third kappa shape index (κ3) is 4.52. The van der Waals surface area contributed by atoms with E-state index in [-0.39, 0.29) is 46.9 Å². The standard InChI is InChI=1S/C23H23F3N6O3/c1-35-16-5-3-2-4-14(16)22(34)30-9-13-7-6-12(8-15(13)24)19-18(21(28)33)20(27)32(31-19)17-10-29-11-23(17,25)26/h2-8,17,29H,9-11,27H2,1H3,(H2,28,33)(H,30,34). The Bertz CT molecular complexity index is 1290. The molecule has 184 valence electrons. The number of hydrogen-bond acceptors (Lipinski definition) is 6. The number of halogens is 3. The van der Waals surface area contributed by atoms with E-state index in [4.69, 9.17) is 16.2 Å². The summed E-state index contributed by atoms with van der Waals surface area (Å²) in [6.45, 7) is -0.819. The first-order valence-electron chi connectivity index (χ1n) is 10.6. The number of carbonyl (C=O) groups is 2. The number of methoxy groups -OCH3 is 1. The Kier molecular flexibility index (Phi) is 6.39. The maximum atomic E-state index is 14.9. The first kappa shape index (κ1) is 24.1. The molecule has 0 aliphatic carbocycles. The second kappa shape index (κ2) is 9.29. The van der Waals surface area contributed by atoms with Gasteiger partial charge in [-0.2, -0.15) is 5.10 Å². The van der Waals surface area contributed by atoms with E-state index in [0.717, 1.165) is 10.7 Å². The van der Waals surface area contributed by atoms with Crippen molar-refractivity contribution in [3.63, 3.8) is 0 Å². The molecule has 1 aliphatic rings. The molecule has 0 bridgehead atoms. The number of alkyl halides is 2. The highest BCUT2D eigenvalue weighted by Crippen LogP contribution is 2.37. The molecule has 1 atom stereocenters. The highest BCUT2D eigenvalue weighted by Gasteiger charge is 2.47. The number of benzene rings is 2. The van der Waals surface area contributed by atoms with Crippen LogP contribution in [0.5, 0.6) is 5.75 Å². The van der Waals surface area contributed by atoms with Gasteiger partial charge in [-0.25, -0.2) is 17.9 Å². The van der Waals surface area contributed by atoms with Gasteiger partial charge in [-0.15, -0.1) is 0 Å². The van der Waals surface area contributed by atoms with Gasteiger partial charge in [0.1, 0.15) is 34.7 Å². The lowest BCUT2D eigenvalue weighted by molar-refractivity contribution is -0.0188. The van der Waals surface area contributed by atoms with Gasteiger partial charge in [0.05, 0.1) is 19.2 Å². The molecule has 9 nitrogen and oxygen atoms in total. The first-order valence-corrected chi connectivity index (χ1v) is 10.6. The average Bonchev–Trinajstić information content (AvgIpc) is 3.35. The van der Waals surface area contributed by atoms with Crippen LogP contribution in [-0.4, -0.2) is 47.7 Å². The second-order valence-corrected chi connectivity index (χ2v) is 8.01. The minimum atomic E-state index is -3.15. The van der Waals surface area contributed by atoms with Crippen molar-refractivity contribution >= 4 is 17.6 Å². The van der Waals surface area contributed by atoms with Crippen molar-refractivity contribution in [2.45, 2.75) is 18.5 Å². The van der Waals surface area contributed by atoms with E-state index < -0.39 is 36.1 Å². The predicted octanol–water partition coefficient (Wildman–Crippen LogP) is 2.09. The lowest BCUT2D eigenvalue weighted by Gasteiger charge is -2.19. The lowest BCUT2D eigenvalue weighted by Crippen LogP contribution is -2.31. The van der Waals surface area contributed by atoms with Gasteiger partial charge >= 0.3 is 0 Å². The maximum absolute atomic E-state index is 14.9. The number of nitrogens with one attached hydrogen (secondary N) is 2. The molecule has 4 rings (SSSR count). The smallest absolute Gasteiger partial charge is 0.283 e. The van der Waals surface area contributed by atoms with Crippen LogP contribution >= 0.6 is 0 Å². The fourth-order valence-corrected chi connectivity index (χ4v) is 3.98. The van der Waals surface area contributed by atoms with Crippen LogP contribution in [0.2, 0.25) is 0 Å². The molecule has 3 aromatic rings. The van der Waals surface area contributed by atoms with E-state index in [1.165, 1.54) is 19.2 Å². The van der Waals surface area contributed by atoms with E-state index in [1.54, 1.807) is 24.3 Å². The summed E-state index contributed by atoms with van der Waals surface area (Å²) >= 11 is 0. The zero-order chi connectivity index (χ0) is 25.3. The van der Waals surface area contributed by atoms with Crippen molar-refractivity contribution in [3.8, 4) is 17.0 Å². The van der Waals surface area contributed by atoms with Crippen molar-refractivity contribution in [1.29, 1.82) is 0 Å². The molecule has 1 unspecified atom stereocenters. The minimum Gasteiger partial charge on any atom is -0.496 e. The van der Waals surface area contributed by atoms with Crippen LogP contribution in [0.3, 0.4) is 0 Å². The van der Waals surface area contributed by atoms with E-state index >= 15 is 0 Å². The van der Waals surface area contributed by atoms with Gasteiger partial charge < -0.3 is 26.8 Å². The Morgan fingerprint density at radius 3 is 2.66 bits per heavy atom. The Labute approximate surface area is 198 Å². The van der Waals surface area contributed by atoms with E-state index in [0.29, 0.717) is 5.75 Å². The molecule has 6 N–H and O–H groups in total. The predicted molar refractivity (Wildman–Crippen MR) is 122 cm³/mol. The number of amides is 2. The molecule has 35 heavy (non-hydrogen) atoms. The fourth-order valence-electron chi connectivity index (χ4n) is 3.98. The quantitative estimate of drug-likeness (QED) is 0.402. The number of primary amides is 1. The van der Waals surface area contributed by atoms with Gasteiger partial charge in [0.25, 0.3) is 17.7 Å². The number of nitrogen functional groups attached to an aromatic ring is 1. The molecule has 2 heterocycles. The molecule has 0 radical (unpaired) electrons. The SMILES string of the molecule is COc1ccccc1C(=O)NCc1ccc(-c2nn(C3CNCC3(F)F)c(N)c2C(N)=O)cc1F. The van der Waals surface area contributed by atoms with E-state index in [9.17, 15) is 22.8 Å². The molecule has 2 amide bonds. The van der Waals surface area contributed by atoms with Crippen LogP contribution < -0.4 is 26.8 Å². The van der Waals surface area contributed by atoms with Gasteiger partial charge in [-0.05, 0) is 18.2 Å². The average molecular weight is 488 g/mol. The molecule has 1 saturated heterocycles. The molecule has 0 spiro atoms. The third-order valence-electron chi connectivity index (χ3n) is 5.79.